The summed E-state index contributed by atoms with van der Waals surface area (Å²) in [6, 6.07) is 0.690. The van der Waals surface area contributed by atoms with Crippen LogP contribution in [-0.2, 0) is 0 Å². The fourth-order valence-corrected chi connectivity index (χ4v) is 2.73. The number of rotatable bonds is 1. The average Bonchev–Trinajstić information content (AvgIpc) is 2.62. The number of hydrogen-bond acceptors (Lipinski definition) is 1. The van der Waals surface area contributed by atoms with Crippen molar-refractivity contribution in [3.8, 4) is 0 Å². The molecule has 4 unspecified atom stereocenters. The van der Waals surface area contributed by atoms with Gasteiger partial charge in [0.05, 0.1) is 0 Å². The molecule has 1 N–H and O–H groups in total. The van der Waals surface area contributed by atoms with Gasteiger partial charge in [0.1, 0.15) is 0 Å². The molecule has 0 spiro atoms. The van der Waals surface area contributed by atoms with Gasteiger partial charge in [-0.2, -0.15) is 0 Å². The minimum atomic E-state index is 0.690. The number of hydrogen-bond donors (Lipinski definition) is 1. The lowest BCUT2D eigenvalue weighted by Gasteiger charge is -2.34. The Morgan fingerprint density at radius 1 is 1.15 bits per heavy atom. The van der Waals surface area contributed by atoms with Gasteiger partial charge in [0.2, 0.25) is 0 Å². The summed E-state index contributed by atoms with van der Waals surface area (Å²) in [5.74, 6) is 2.78. The Bertz CT molecular complexity index is 197. The quantitative estimate of drug-likeness (QED) is 0.610. The predicted octanol–water partition coefficient (Wildman–Crippen LogP) is 2.59. The van der Waals surface area contributed by atoms with E-state index in [9.17, 15) is 0 Å². The molecule has 1 heterocycles. The smallest absolute Gasteiger partial charge is 0.0281 e. The van der Waals surface area contributed by atoms with Crippen molar-refractivity contribution in [1.29, 1.82) is 0 Å². The minimum Gasteiger partial charge on any atom is -0.307 e. The summed E-state index contributed by atoms with van der Waals surface area (Å²) in [6.45, 7) is 5.90. The highest BCUT2D eigenvalue weighted by Gasteiger charge is 2.29. The number of nitrogens with one attached hydrogen (secondary N) is 1. The van der Waals surface area contributed by atoms with Crippen LogP contribution in [0.3, 0.4) is 0 Å². The van der Waals surface area contributed by atoms with Crippen LogP contribution in [-0.4, -0.2) is 12.6 Å². The molecule has 1 fully saturated rings. The maximum atomic E-state index is 3.55. The van der Waals surface area contributed by atoms with Crippen molar-refractivity contribution in [2.45, 2.75) is 39.2 Å². The second kappa shape index (κ2) is 3.83. The van der Waals surface area contributed by atoms with Crippen LogP contribution in [0.4, 0.5) is 0 Å². The van der Waals surface area contributed by atoms with Gasteiger partial charge in [-0.1, -0.05) is 32.4 Å². The van der Waals surface area contributed by atoms with Crippen molar-refractivity contribution >= 4 is 0 Å². The van der Waals surface area contributed by atoms with Crippen molar-refractivity contribution in [2.24, 2.45) is 17.8 Å². The first-order valence-electron chi connectivity index (χ1n) is 5.67. The monoisotopic (exact) mass is 179 g/mol. The topological polar surface area (TPSA) is 12.0 Å². The van der Waals surface area contributed by atoms with Crippen LogP contribution in [0.1, 0.15) is 33.1 Å². The molecule has 2 rings (SSSR count). The van der Waals surface area contributed by atoms with E-state index in [4.69, 9.17) is 0 Å². The molecule has 0 saturated heterocycles. The van der Waals surface area contributed by atoms with E-state index in [-0.39, 0.29) is 0 Å². The van der Waals surface area contributed by atoms with Gasteiger partial charge in [-0.25, -0.2) is 0 Å². The highest BCUT2D eigenvalue weighted by Crippen LogP contribution is 2.35. The summed E-state index contributed by atoms with van der Waals surface area (Å²) in [4.78, 5) is 0. The van der Waals surface area contributed by atoms with Crippen LogP contribution in [0.2, 0.25) is 0 Å². The standard InChI is InChI=1S/C12H21N/c1-9-5-6-11(8-10(9)2)12-4-3-7-13-12/h3-4,9-13H,5-8H2,1-2H3. The molecule has 0 aromatic carbocycles. The third-order valence-corrected chi connectivity index (χ3v) is 3.96. The molecule has 13 heavy (non-hydrogen) atoms. The van der Waals surface area contributed by atoms with E-state index in [1.54, 1.807) is 0 Å². The van der Waals surface area contributed by atoms with Crippen molar-refractivity contribution in [3.63, 3.8) is 0 Å². The van der Waals surface area contributed by atoms with Crippen molar-refractivity contribution in [1.82, 2.24) is 5.32 Å². The van der Waals surface area contributed by atoms with Crippen LogP contribution in [0, 0.1) is 17.8 Å². The normalized spacial score (nSPS) is 45.4. The Labute approximate surface area is 81.6 Å². The van der Waals surface area contributed by atoms with Gasteiger partial charge in [0.25, 0.3) is 0 Å². The van der Waals surface area contributed by atoms with Crippen LogP contribution in [0.5, 0.6) is 0 Å². The Morgan fingerprint density at radius 2 is 2.00 bits per heavy atom. The van der Waals surface area contributed by atoms with Crippen LogP contribution in [0.15, 0.2) is 12.2 Å². The zero-order valence-corrected chi connectivity index (χ0v) is 8.79. The summed E-state index contributed by atoms with van der Waals surface area (Å²) < 4.78 is 0. The Morgan fingerprint density at radius 3 is 2.62 bits per heavy atom. The first-order valence-corrected chi connectivity index (χ1v) is 5.67. The van der Waals surface area contributed by atoms with Crippen LogP contribution in [0.25, 0.3) is 0 Å². The molecule has 2 aliphatic rings. The molecule has 0 radical (unpaired) electrons. The molecular formula is C12H21N. The summed E-state index contributed by atoms with van der Waals surface area (Å²) in [7, 11) is 0. The van der Waals surface area contributed by atoms with Gasteiger partial charge in [0, 0.05) is 12.6 Å². The molecule has 0 bridgehead atoms. The molecule has 1 heteroatoms. The van der Waals surface area contributed by atoms with Crippen molar-refractivity contribution in [3.05, 3.63) is 12.2 Å². The van der Waals surface area contributed by atoms with E-state index in [0.29, 0.717) is 6.04 Å². The highest BCUT2D eigenvalue weighted by atomic mass is 14.9. The third kappa shape index (κ3) is 1.96. The lowest BCUT2D eigenvalue weighted by Crippen LogP contribution is -2.35. The molecule has 0 amide bonds. The largest absolute Gasteiger partial charge is 0.307 e. The molecule has 4 atom stereocenters. The Hall–Kier alpha value is -0.300. The summed E-state index contributed by atoms with van der Waals surface area (Å²) in [5.41, 5.74) is 0. The first kappa shape index (κ1) is 9.26. The van der Waals surface area contributed by atoms with Crippen molar-refractivity contribution < 1.29 is 0 Å². The molecule has 1 aliphatic heterocycles. The van der Waals surface area contributed by atoms with Gasteiger partial charge in [-0.15, -0.1) is 0 Å². The Kier molecular flexibility index (Phi) is 2.73. The van der Waals surface area contributed by atoms with E-state index in [1.165, 1.54) is 19.3 Å². The summed E-state index contributed by atoms with van der Waals surface area (Å²) in [5, 5.41) is 3.55. The predicted molar refractivity (Wildman–Crippen MR) is 56.6 cm³/mol. The third-order valence-electron chi connectivity index (χ3n) is 3.96. The second-order valence-electron chi connectivity index (χ2n) is 4.89. The minimum absolute atomic E-state index is 0.690. The fraction of sp³-hybridized carbons (Fsp3) is 0.833. The van der Waals surface area contributed by atoms with Crippen LogP contribution >= 0.6 is 0 Å². The van der Waals surface area contributed by atoms with Gasteiger partial charge in [-0.05, 0) is 30.6 Å². The molecule has 1 aliphatic carbocycles. The Balaban J connectivity index is 1.91. The van der Waals surface area contributed by atoms with E-state index in [0.717, 1.165) is 24.3 Å². The lowest BCUT2D eigenvalue weighted by atomic mass is 9.73. The second-order valence-corrected chi connectivity index (χ2v) is 4.89. The molecule has 0 aromatic rings. The molecular weight excluding hydrogens is 158 g/mol. The highest BCUT2D eigenvalue weighted by molar-refractivity contribution is 5.05. The molecule has 74 valence electrons. The van der Waals surface area contributed by atoms with Gasteiger partial charge < -0.3 is 5.32 Å². The fourth-order valence-electron chi connectivity index (χ4n) is 2.73. The molecule has 1 nitrogen and oxygen atoms in total. The first-order chi connectivity index (χ1) is 6.27. The summed E-state index contributed by atoms with van der Waals surface area (Å²) in [6.07, 6.45) is 8.91. The van der Waals surface area contributed by atoms with E-state index in [2.05, 4.69) is 31.3 Å². The zero-order chi connectivity index (χ0) is 9.26. The molecule has 1 saturated carbocycles. The van der Waals surface area contributed by atoms with Crippen LogP contribution < -0.4 is 5.32 Å². The van der Waals surface area contributed by atoms with Gasteiger partial charge >= 0.3 is 0 Å². The molecule has 0 aromatic heterocycles. The van der Waals surface area contributed by atoms with Gasteiger partial charge in [0.15, 0.2) is 0 Å². The lowest BCUT2D eigenvalue weighted by molar-refractivity contribution is 0.189. The zero-order valence-electron chi connectivity index (χ0n) is 8.79. The van der Waals surface area contributed by atoms with E-state index >= 15 is 0 Å². The van der Waals surface area contributed by atoms with E-state index < -0.39 is 0 Å². The SMILES string of the molecule is CC1CCC(C2C=CCN2)CC1C. The summed E-state index contributed by atoms with van der Waals surface area (Å²) >= 11 is 0. The maximum Gasteiger partial charge on any atom is 0.0281 e. The maximum absolute atomic E-state index is 3.55. The van der Waals surface area contributed by atoms with Crippen molar-refractivity contribution in [2.75, 3.05) is 6.54 Å². The van der Waals surface area contributed by atoms with E-state index in [1.807, 2.05) is 0 Å². The average molecular weight is 179 g/mol. The van der Waals surface area contributed by atoms with Gasteiger partial charge in [-0.3, -0.25) is 0 Å².